The van der Waals surface area contributed by atoms with Crippen LogP contribution in [0.15, 0.2) is 60.7 Å². The van der Waals surface area contributed by atoms with Gasteiger partial charge < -0.3 is 15.5 Å². The van der Waals surface area contributed by atoms with E-state index in [2.05, 4.69) is 5.32 Å². The summed E-state index contributed by atoms with van der Waals surface area (Å²) in [5.74, 6) is -0.565. The fraction of sp³-hybridized carbons (Fsp3) is 0.278. The molecule has 4 nitrogen and oxygen atoms in total. The summed E-state index contributed by atoms with van der Waals surface area (Å²) in [6.45, 7) is 2.11. The second kappa shape index (κ2) is 7.20. The quantitative estimate of drug-likeness (QED) is 0.760. The van der Waals surface area contributed by atoms with Crippen LogP contribution >= 0.6 is 0 Å². The number of hydrogen-bond donors (Lipinski definition) is 3. The van der Waals surface area contributed by atoms with Gasteiger partial charge in [-0.25, -0.2) is 0 Å². The van der Waals surface area contributed by atoms with Crippen molar-refractivity contribution >= 4 is 5.91 Å². The van der Waals surface area contributed by atoms with Gasteiger partial charge in [0.25, 0.3) is 5.91 Å². The van der Waals surface area contributed by atoms with Gasteiger partial charge in [-0.2, -0.15) is 0 Å². The summed E-state index contributed by atoms with van der Waals surface area (Å²) < 4.78 is 0. The monoisotopic (exact) mass is 299 g/mol. The molecule has 22 heavy (non-hydrogen) atoms. The zero-order valence-corrected chi connectivity index (χ0v) is 12.6. The predicted octanol–water partition coefficient (Wildman–Crippen LogP) is 1.67. The summed E-state index contributed by atoms with van der Waals surface area (Å²) in [4.78, 5) is 12.6. The first kappa shape index (κ1) is 16.2. The Morgan fingerprint density at radius 1 is 1.05 bits per heavy atom. The summed E-state index contributed by atoms with van der Waals surface area (Å²) in [5, 5.41) is 22.9. The van der Waals surface area contributed by atoms with Crippen molar-refractivity contribution in [2.24, 2.45) is 5.92 Å². The van der Waals surface area contributed by atoms with E-state index >= 15 is 0 Å². The molecule has 2 rings (SSSR count). The van der Waals surface area contributed by atoms with Crippen LogP contribution in [-0.2, 0) is 10.4 Å². The third-order valence-corrected chi connectivity index (χ3v) is 3.63. The summed E-state index contributed by atoms with van der Waals surface area (Å²) in [5.41, 5.74) is -0.733. The fourth-order valence-electron chi connectivity index (χ4n) is 2.25. The Morgan fingerprint density at radius 2 is 1.50 bits per heavy atom. The molecule has 0 bridgehead atoms. The van der Waals surface area contributed by atoms with Crippen molar-refractivity contribution in [2.45, 2.75) is 12.5 Å². The summed E-state index contributed by atoms with van der Waals surface area (Å²) >= 11 is 0. The topological polar surface area (TPSA) is 69.6 Å². The highest BCUT2D eigenvalue weighted by Gasteiger charge is 2.39. The van der Waals surface area contributed by atoms with Crippen LogP contribution in [0, 0.1) is 5.92 Å². The molecule has 0 aliphatic carbocycles. The van der Waals surface area contributed by atoms with Crippen molar-refractivity contribution in [1.29, 1.82) is 0 Å². The second-order valence-electron chi connectivity index (χ2n) is 5.44. The molecule has 0 spiro atoms. The van der Waals surface area contributed by atoms with E-state index in [0.29, 0.717) is 17.7 Å². The molecule has 0 aromatic heterocycles. The van der Waals surface area contributed by atoms with Gasteiger partial charge in [-0.3, -0.25) is 4.79 Å². The highest BCUT2D eigenvalue weighted by molar-refractivity contribution is 5.90. The van der Waals surface area contributed by atoms with E-state index in [9.17, 15) is 9.90 Å². The number of nitrogens with one attached hydrogen (secondary N) is 1. The van der Waals surface area contributed by atoms with Gasteiger partial charge >= 0.3 is 0 Å². The van der Waals surface area contributed by atoms with Gasteiger partial charge in [0, 0.05) is 13.2 Å². The molecule has 0 aliphatic rings. The van der Waals surface area contributed by atoms with Crippen LogP contribution in [0.4, 0.5) is 0 Å². The Kier molecular flexibility index (Phi) is 5.31. The Balaban J connectivity index is 2.36. The van der Waals surface area contributed by atoms with E-state index in [0.717, 1.165) is 0 Å². The van der Waals surface area contributed by atoms with Crippen molar-refractivity contribution in [3.63, 3.8) is 0 Å². The average molecular weight is 299 g/mol. The zero-order valence-electron chi connectivity index (χ0n) is 12.6. The largest absolute Gasteiger partial charge is 0.396 e. The number of aliphatic hydroxyl groups is 2. The number of hydrogen-bond acceptors (Lipinski definition) is 3. The van der Waals surface area contributed by atoms with E-state index in [-0.39, 0.29) is 12.5 Å². The summed E-state index contributed by atoms with van der Waals surface area (Å²) in [6, 6.07) is 17.7. The lowest BCUT2D eigenvalue weighted by Crippen LogP contribution is -2.46. The standard InChI is InChI=1S/C18H21NO3/c1-14(13-20)12-19-17(21)18(22,15-8-4-2-5-9-15)16-10-6-3-7-11-16/h2-11,14,20,22H,12-13H2,1H3,(H,19,21). The third kappa shape index (κ3) is 3.35. The maximum atomic E-state index is 12.6. The predicted molar refractivity (Wildman–Crippen MR) is 85.1 cm³/mol. The van der Waals surface area contributed by atoms with Gasteiger partial charge in [0.05, 0.1) is 0 Å². The number of aliphatic hydroxyl groups excluding tert-OH is 1. The third-order valence-electron chi connectivity index (χ3n) is 3.63. The molecule has 0 heterocycles. The van der Waals surface area contributed by atoms with Crippen molar-refractivity contribution < 1.29 is 15.0 Å². The Hall–Kier alpha value is -2.17. The highest BCUT2D eigenvalue weighted by atomic mass is 16.3. The molecule has 1 unspecified atom stereocenters. The van der Waals surface area contributed by atoms with Crippen LogP contribution < -0.4 is 5.32 Å². The lowest BCUT2D eigenvalue weighted by Gasteiger charge is -2.28. The van der Waals surface area contributed by atoms with Gasteiger partial charge in [-0.05, 0) is 17.0 Å². The highest BCUT2D eigenvalue weighted by Crippen LogP contribution is 2.29. The van der Waals surface area contributed by atoms with Crippen LogP contribution in [0.2, 0.25) is 0 Å². The van der Waals surface area contributed by atoms with Crippen LogP contribution in [0.1, 0.15) is 18.1 Å². The summed E-state index contributed by atoms with van der Waals surface area (Å²) in [6.07, 6.45) is 0. The van der Waals surface area contributed by atoms with E-state index in [1.165, 1.54) is 0 Å². The minimum Gasteiger partial charge on any atom is -0.396 e. The number of benzene rings is 2. The molecular formula is C18H21NO3. The molecule has 2 aromatic carbocycles. The van der Waals surface area contributed by atoms with Gasteiger partial charge in [0.1, 0.15) is 0 Å². The van der Waals surface area contributed by atoms with Crippen LogP contribution in [-0.4, -0.2) is 29.3 Å². The Morgan fingerprint density at radius 3 is 1.91 bits per heavy atom. The van der Waals surface area contributed by atoms with E-state index < -0.39 is 11.5 Å². The normalized spacial score (nSPS) is 12.7. The van der Waals surface area contributed by atoms with Gasteiger partial charge in [0.15, 0.2) is 5.60 Å². The first-order chi connectivity index (χ1) is 10.6. The summed E-state index contributed by atoms with van der Waals surface area (Å²) in [7, 11) is 0. The zero-order chi connectivity index (χ0) is 16.0. The molecular weight excluding hydrogens is 278 g/mol. The number of amides is 1. The minimum absolute atomic E-state index is 0.0185. The number of rotatable bonds is 6. The van der Waals surface area contributed by atoms with Crippen molar-refractivity contribution in [2.75, 3.05) is 13.2 Å². The molecule has 0 aliphatic heterocycles. The number of carbonyl (C=O) groups is 1. The Labute approximate surface area is 130 Å². The molecule has 1 atom stereocenters. The van der Waals surface area contributed by atoms with Crippen LogP contribution in [0.5, 0.6) is 0 Å². The lowest BCUT2D eigenvalue weighted by molar-refractivity contribution is -0.136. The lowest BCUT2D eigenvalue weighted by atomic mass is 9.85. The Bertz CT molecular complexity index is 559. The average Bonchev–Trinajstić information content (AvgIpc) is 2.60. The molecule has 3 N–H and O–H groups in total. The minimum atomic E-state index is -1.75. The van der Waals surface area contributed by atoms with Crippen LogP contribution in [0.3, 0.4) is 0 Å². The molecule has 4 heteroatoms. The van der Waals surface area contributed by atoms with Crippen molar-refractivity contribution in [3.8, 4) is 0 Å². The van der Waals surface area contributed by atoms with E-state index in [1.54, 1.807) is 48.5 Å². The molecule has 2 aromatic rings. The molecule has 116 valence electrons. The SMILES string of the molecule is CC(CO)CNC(=O)C(O)(c1ccccc1)c1ccccc1. The maximum Gasteiger partial charge on any atom is 0.261 e. The van der Waals surface area contributed by atoms with Crippen molar-refractivity contribution in [3.05, 3.63) is 71.8 Å². The van der Waals surface area contributed by atoms with Gasteiger partial charge in [-0.15, -0.1) is 0 Å². The smallest absolute Gasteiger partial charge is 0.261 e. The van der Waals surface area contributed by atoms with Crippen molar-refractivity contribution in [1.82, 2.24) is 5.32 Å². The number of carbonyl (C=O) groups excluding carboxylic acids is 1. The first-order valence-electron chi connectivity index (χ1n) is 7.31. The second-order valence-corrected chi connectivity index (χ2v) is 5.44. The fourth-order valence-corrected chi connectivity index (χ4v) is 2.25. The molecule has 0 saturated heterocycles. The first-order valence-corrected chi connectivity index (χ1v) is 7.31. The van der Waals surface area contributed by atoms with Gasteiger partial charge in [0.2, 0.25) is 0 Å². The van der Waals surface area contributed by atoms with Gasteiger partial charge in [-0.1, -0.05) is 67.6 Å². The maximum absolute atomic E-state index is 12.6. The molecule has 1 amide bonds. The molecule has 0 fully saturated rings. The van der Waals surface area contributed by atoms with Crippen LogP contribution in [0.25, 0.3) is 0 Å². The van der Waals surface area contributed by atoms with E-state index in [4.69, 9.17) is 5.11 Å². The van der Waals surface area contributed by atoms with E-state index in [1.807, 2.05) is 19.1 Å². The molecule has 0 saturated carbocycles. The molecule has 0 radical (unpaired) electrons.